The molecule has 3 atom stereocenters. The van der Waals surface area contributed by atoms with Crippen molar-refractivity contribution < 1.29 is 13.2 Å². The molecule has 1 fully saturated rings. The Morgan fingerprint density at radius 3 is 2.33 bits per heavy atom. The molecule has 0 amide bonds. The van der Waals surface area contributed by atoms with E-state index in [0.29, 0.717) is 13.0 Å². The smallest absolute Gasteiger partial charge is 0.157 e. The van der Waals surface area contributed by atoms with E-state index in [2.05, 4.69) is 12.1 Å². The van der Waals surface area contributed by atoms with Gasteiger partial charge >= 0.3 is 0 Å². The van der Waals surface area contributed by atoms with Gasteiger partial charge in [-0.3, -0.25) is 0 Å². The van der Waals surface area contributed by atoms with Gasteiger partial charge in [0.1, 0.15) is 0 Å². The molecule has 0 bridgehead atoms. The summed E-state index contributed by atoms with van der Waals surface area (Å²) >= 11 is 0. The van der Waals surface area contributed by atoms with Crippen LogP contribution in [0.5, 0.6) is 0 Å². The largest absolute Gasteiger partial charge is 0.377 e. The highest BCUT2D eigenvalue weighted by molar-refractivity contribution is 7.92. The van der Waals surface area contributed by atoms with Gasteiger partial charge in [-0.2, -0.15) is 0 Å². The van der Waals surface area contributed by atoms with Gasteiger partial charge in [-0.25, -0.2) is 8.42 Å². The van der Waals surface area contributed by atoms with Crippen molar-refractivity contribution in [2.24, 2.45) is 5.73 Å². The van der Waals surface area contributed by atoms with Crippen LogP contribution in [0.4, 0.5) is 0 Å². The Kier molecular flexibility index (Phi) is 4.76. The van der Waals surface area contributed by atoms with Crippen LogP contribution in [0.3, 0.4) is 0 Å². The van der Waals surface area contributed by atoms with Crippen LogP contribution < -0.4 is 5.73 Å². The van der Waals surface area contributed by atoms with E-state index >= 15 is 0 Å². The monoisotopic (exact) mass is 311 g/mol. The van der Waals surface area contributed by atoms with Crippen LogP contribution in [0.25, 0.3) is 0 Å². The average Bonchev–Trinajstić information content (AvgIpc) is 2.73. The number of hydrogen-bond donors (Lipinski definition) is 1. The van der Waals surface area contributed by atoms with Crippen molar-refractivity contribution >= 4 is 9.84 Å². The minimum Gasteiger partial charge on any atom is -0.377 e. The van der Waals surface area contributed by atoms with E-state index in [9.17, 15) is 8.42 Å². The van der Waals surface area contributed by atoms with Crippen molar-refractivity contribution in [1.82, 2.24) is 0 Å². The standard InChI is InChI=1S/C16H25NO3S/c1-10-7-11(2)16(12(3)8-10)14(17)9-21(18,19)15-5-6-20-13(15)4/h7-8,13-15H,5-6,9,17H2,1-4H3. The van der Waals surface area contributed by atoms with Gasteiger partial charge in [0.25, 0.3) is 0 Å². The topological polar surface area (TPSA) is 69.4 Å². The molecule has 4 nitrogen and oxygen atoms in total. The summed E-state index contributed by atoms with van der Waals surface area (Å²) in [5.41, 5.74) is 10.5. The molecule has 0 spiro atoms. The van der Waals surface area contributed by atoms with Crippen LogP contribution in [0.15, 0.2) is 12.1 Å². The van der Waals surface area contributed by atoms with Gasteiger partial charge in [-0.1, -0.05) is 17.7 Å². The molecule has 1 saturated heterocycles. The SMILES string of the molecule is Cc1cc(C)c(C(N)CS(=O)(=O)C2CCOC2C)c(C)c1. The minimum absolute atomic E-state index is 0.0178. The molecule has 2 N–H and O–H groups in total. The fourth-order valence-corrected chi connectivity index (χ4v) is 5.45. The lowest BCUT2D eigenvalue weighted by atomic mass is 9.95. The fourth-order valence-electron chi connectivity index (χ4n) is 3.42. The molecule has 21 heavy (non-hydrogen) atoms. The molecule has 5 heteroatoms. The molecule has 1 aliphatic rings. The Morgan fingerprint density at radius 2 is 1.86 bits per heavy atom. The molecule has 0 aromatic heterocycles. The normalized spacial score (nSPS) is 24.2. The van der Waals surface area contributed by atoms with E-state index in [4.69, 9.17) is 10.5 Å². The van der Waals surface area contributed by atoms with E-state index in [1.54, 1.807) is 0 Å². The Morgan fingerprint density at radius 1 is 1.29 bits per heavy atom. The first-order valence-corrected chi connectivity index (χ1v) is 9.10. The summed E-state index contributed by atoms with van der Waals surface area (Å²) in [5.74, 6) is -0.0178. The van der Waals surface area contributed by atoms with Crippen LogP contribution in [0.1, 0.15) is 41.6 Å². The van der Waals surface area contributed by atoms with Gasteiger partial charge in [0.15, 0.2) is 9.84 Å². The highest BCUT2D eigenvalue weighted by Gasteiger charge is 2.37. The average molecular weight is 311 g/mol. The third kappa shape index (κ3) is 3.47. The predicted octanol–water partition coefficient (Wildman–Crippen LogP) is 2.20. The van der Waals surface area contributed by atoms with Gasteiger partial charge in [-0.05, 0) is 50.8 Å². The highest BCUT2D eigenvalue weighted by atomic mass is 32.2. The number of ether oxygens (including phenoxy) is 1. The second-order valence-electron chi connectivity index (χ2n) is 6.15. The lowest BCUT2D eigenvalue weighted by molar-refractivity contribution is 0.126. The predicted molar refractivity (Wildman–Crippen MR) is 85.2 cm³/mol. The summed E-state index contributed by atoms with van der Waals surface area (Å²) < 4.78 is 30.5. The number of rotatable bonds is 4. The molecule has 0 radical (unpaired) electrons. The van der Waals surface area contributed by atoms with Crippen LogP contribution in [-0.2, 0) is 14.6 Å². The highest BCUT2D eigenvalue weighted by Crippen LogP contribution is 2.27. The number of aryl methyl sites for hydroxylation is 3. The summed E-state index contributed by atoms with van der Waals surface area (Å²) in [6, 6.07) is 3.62. The van der Waals surface area contributed by atoms with E-state index in [1.165, 1.54) is 5.56 Å². The van der Waals surface area contributed by atoms with Gasteiger partial charge in [0, 0.05) is 12.6 Å². The van der Waals surface area contributed by atoms with Crippen molar-refractivity contribution in [3.63, 3.8) is 0 Å². The zero-order valence-corrected chi connectivity index (χ0v) is 14.0. The second kappa shape index (κ2) is 6.07. The fraction of sp³-hybridized carbons (Fsp3) is 0.625. The summed E-state index contributed by atoms with van der Waals surface area (Å²) in [6.07, 6.45) is 0.338. The minimum atomic E-state index is -3.25. The van der Waals surface area contributed by atoms with Crippen molar-refractivity contribution in [3.8, 4) is 0 Å². The van der Waals surface area contributed by atoms with E-state index in [1.807, 2.05) is 27.7 Å². The molecular weight excluding hydrogens is 286 g/mol. The molecule has 1 aromatic carbocycles. The van der Waals surface area contributed by atoms with Crippen molar-refractivity contribution in [3.05, 3.63) is 34.4 Å². The Labute approximate surface area is 127 Å². The Hall–Kier alpha value is -0.910. The summed E-state index contributed by atoms with van der Waals surface area (Å²) in [5, 5.41) is -0.422. The Bertz CT molecular complexity index is 601. The van der Waals surface area contributed by atoms with Gasteiger partial charge in [0.2, 0.25) is 0 Å². The summed E-state index contributed by atoms with van der Waals surface area (Å²) in [6.45, 7) is 8.35. The third-order valence-electron chi connectivity index (χ3n) is 4.29. The van der Waals surface area contributed by atoms with E-state index < -0.39 is 21.1 Å². The third-order valence-corrected chi connectivity index (χ3v) is 6.65. The van der Waals surface area contributed by atoms with Crippen LogP contribution in [0, 0.1) is 20.8 Å². The maximum Gasteiger partial charge on any atom is 0.157 e. The zero-order chi connectivity index (χ0) is 15.8. The zero-order valence-electron chi connectivity index (χ0n) is 13.2. The molecular formula is C16H25NO3S. The molecule has 118 valence electrons. The Balaban J connectivity index is 2.24. The molecule has 1 heterocycles. The van der Waals surface area contributed by atoms with Gasteiger partial charge in [-0.15, -0.1) is 0 Å². The van der Waals surface area contributed by atoms with Crippen LogP contribution in [0.2, 0.25) is 0 Å². The maximum atomic E-state index is 12.6. The van der Waals surface area contributed by atoms with Gasteiger partial charge < -0.3 is 10.5 Å². The van der Waals surface area contributed by atoms with Crippen molar-refractivity contribution in [1.29, 1.82) is 0 Å². The van der Waals surface area contributed by atoms with E-state index in [-0.39, 0.29) is 11.9 Å². The van der Waals surface area contributed by atoms with Crippen LogP contribution in [-0.4, -0.2) is 32.1 Å². The van der Waals surface area contributed by atoms with Crippen molar-refractivity contribution in [2.45, 2.75) is 51.5 Å². The quantitative estimate of drug-likeness (QED) is 0.925. The van der Waals surface area contributed by atoms with E-state index in [0.717, 1.165) is 16.7 Å². The number of hydrogen-bond acceptors (Lipinski definition) is 4. The molecule has 0 aliphatic carbocycles. The molecule has 1 aromatic rings. The second-order valence-corrected chi connectivity index (χ2v) is 8.42. The van der Waals surface area contributed by atoms with Crippen molar-refractivity contribution in [2.75, 3.05) is 12.4 Å². The summed E-state index contributed by atoms with van der Waals surface area (Å²) in [7, 11) is -3.25. The first-order chi connectivity index (χ1) is 9.72. The summed E-state index contributed by atoms with van der Waals surface area (Å²) in [4.78, 5) is 0. The molecule has 0 saturated carbocycles. The first-order valence-electron chi connectivity index (χ1n) is 7.39. The lowest BCUT2D eigenvalue weighted by Crippen LogP contribution is -2.34. The first kappa shape index (κ1) is 16.5. The molecule has 2 rings (SSSR count). The lowest BCUT2D eigenvalue weighted by Gasteiger charge is -2.21. The number of nitrogens with two attached hydrogens (primary N) is 1. The number of sulfone groups is 1. The maximum absolute atomic E-state index is 12.6. The molecule has 1 aliphatic heterocycles. The van der Waals surface area contributed by atoms with Crippen LogP contribution >= 0.6 is 0 Å². The van der Waals surface area contributed by atoms with Gasteiger partial charge in [0.05, 0.1) is 17.1 Å². The number of benzene rings is 1. The molecule has 3 unspecified atom stereocenters.